The lowest BCUT2D eigenvalue weighted by Crippen LogP contribution is -2.36. The maximum atomic E-state index is 11.5. The second-order valence-electron chi connectivity index (χ2n) is 6.21. The lowest BCUT2D eigenvalue weighted by Gasteiger charge is -2.33. The molecule has 0 saturated heterocycles. The minimum atomic E-state index is 0.119. The molecule has 2 nitrogen and oxygen atoms in total. The van der Waals surface area contributed by atoms with E-state index in [1.54, 1.807) is 6.92 Å². The van der Waals surface area contributed by atoms with Crippen LogP contribution < -0.4 is 4.90 Å². The van der Waals surface area contributed by atoms with E-state index < -0.39 is 0 Å². The van der Waals surface area contributed by atoms with Gasteiger partial charge in [0.1, 0.15) is 0 Å². The molecule has 110 valence electrons. The van der Waals surface area contributed by atoms with Crippen LogP contribution in [0.1, 0.15) is 56.8 Å². The Balaban J connectivity index is 2.30. The fourth-order valence-electron chi connectivity index (χ4n) is 3.01. The molecule has 0 N–H and O–H groups in total. The summed E-state index contributed by atoms with van der Waals surface area (Å²) in [5.74, 6) is 0.753. The third-order valence-corrected chi connectivity index (χ3v) is 4.63. The van der Waals surface area contributed by atoms with Crippen molar-refractivity contribution in [2.24, 2.45) is 5.92 Å². The monoisotopic (exact) mass is 337 g/mol. The first kappa shape index (κ1) is 15.6. The van der Waals surface area contributed by atoms with Crippen molar-refractivity contribution >= 4 is 27.4 Å². The molecule has 0 heterocycles. The molecule has 0 bridgehead atoms. The van der Waals surface area contributed by atoms with Crippen molar-refractivity contribution in [3.05, 3.63) is 28.2 Å². The fraction of sp³-hybridized carbons (Fsp3) is 0.588. The Morgan fingerprint density at radius 3 is 2.50 bits per heavy atom. The van der Waals surface area contributed by atoms with Crippen LogP contribution in [0.25, 0.3) is 0 Å². The molecule has 20 heavy (non-hydrogen) atoms. The van der Waals surface area contributed by atoms with Crippen LogP contribution in [0.15, 0.2) is 22.7 Å². The Hall–Kier alpha value is -0.830. The number of anilines is 1. The Labute approximate surface area is 130 Å². The molecule has 1 aliphatic carbocycles. The van der Waals surface area contributed by atoms with Gasteiger partial charge in [-0.3, -0.25) is 4.79 Å². The molecule has 1 fully saturated rings. The van der Waals surface area contributed by atoms with Crippen LogP contribution in [0.2, 0.25) is 0 Å². The molecule has 0 spiro atoms. The molecule has 0 radical (unpaired) electrons. The van der Waals surface area contributed by atoms with Gasteiger partial charge in [-0.05, 0) is 59.8 Å². The van der Waals surface area contributed by atoms with Crippen molar-refractivity contribution < 1.29 is 4.79 Å². The van der Waals surface area contributed by atoms with E-state index in [1.807, 2.05) is 12.1 Å². The minimum Gasteiger partial charge on any atom is -0.367 e. The van der Waals surface area contributed by atoms with E-state index in [9.17, 15) is 4.79 Å². The van der Waals surface area contributed by atoms with E-state index in [-0.39, 0.29) is 5.78 Å². The predicted molar refractivity (Wildman–Crippen MR) is 88.6 cm³/mol. The summed E-state index contributed by atoms with van der Waals surface area (Å²) in [4.78, 5) is 14.0. The first-order valence-electron chi connectivity index (χ1n) is 7.56. The van der Waals surface area contributed by atoms with Crippen molar-refractivity contribution in [2.75, 3.05) is 11.4 Å². The number of Topliss-reactive ketones (excluding diaryl/α,β-unsaturated/α-hetero) is 1. The predicted octanol–water partition coefficient (Wildman–Crippen LogP) is 5.06. The van der Waals surface area contributed by atoms with Crippen molar-refractivity contribution in [3.63, 3.8) is 0 Å². The maximum absolute atomic E-state index is 11.5. The summed E-state index contributed by atoms with van der Waals surface area (Å²) in [6.07, 6.45) is 5.24. The van der Waals surface area contributed by atoms with Gasteiger partial charge >= 0.3 is 0 Å². The van der Waals surface area contributed by atoms with Gasteiger partial charge in [-0.15, -0.1) is 0 Å². The molecular weight excluding hydrogens is 314 g/mol. The number of halogens is 1. The summed E-state index contributed by atoms with van der Waals surface area (Å²) < 4.78 is 1.04. The number of carbonyl (C=O) groups is 1. The number of benzene rings is 1. The van der Waals surface area contributed by atoms with Gasteiger partial charge in [0.2, 0.25) is 0 Å². The zero-order valence-corrected chi connectivity index (χ0v) is 14.2. The number of carbonyl (C=O) groups excluding carboxylic acids is 1. The zero-order chi connectivity index (χ0) is 14.7. The summed E-state index contributed by atoms with van der Waals surface area (Å²) >= 11 is 3.66. The van der Waals surface area contributed by atoms with Crippen LogP contribution >= 0.6 is 15.9 Å². The molecule has 1 aromatic carbocycles. The number of rotatable bonds is 5. The van der Waals surface area contributed by atoms with Gasteiger partial charge < -0.3 is 4.90 Å². The van der Waals surface area contributed by atoms with E-state index in [2.05, 4.69) is 40.7 Å². The first-order valence-corrected chi connectivity index (χ1v) is 8.35. The van der Waals surface area contributed by atoms with Crippen LogP contribution in [0.5, 0.6) is 0 Å². The summed E-state index contributed by atoms with van der Waals surface area (Å²) in [6, 6.07) is 6.66. The molecule has 1 saturated carbocycles. The molecule has 0 atom stereocenters. The third-order valence-electron chi connectivity index (χ3n) is 3.99. The average molecular weight is 338 g/mol. The number of nitrogens with zero attached hydrogens (tertiary/aromatic N) is 1. The van der Waals surface area contributed by atoms with Gasteiger partial charge in [0.15, 0.2) is 5.78 Å². The highest BCUT2D eigenvalue weighted by molar-refractivity contribution is 9.10. The highest BCUT2D eigenvalue weighted by Crippen LogP contribution is 2.34. The molecule has 0 aromatic heterocycles. The van der Waals surface area contributed by atoms with Crippen LogP contribution in [0.4, 0.5) is 5.69 Å². The number of hydrogen-bond donors (Lipinski definition) is 0. The van der Waals surface area contributed by atoms with Gasteiger partial charge in [0, 0.05) is 22.6 Å². The second-order valence-corrected chi connectivity index (χ2v) is 7.06. The molecule has 3 heteroatoms. The smallest absolute Gasteiger partial charge is 0.159 e. The van der Waals surface area contributed by atoms with E-state index in [1.165, 1.54) is 31.4 Å². The second kappa shape index (κ2) is 6.75. The lowest BCUT2D eigenvalue weighted by atomic mass is 10.1. The fourth-order valence-corrected chi connectivity index (χ4v) is 3.62. The summed E-state index contributed by atoms with van der Waals surface area (Å²) in [5, 5.41) is 0. The van der Waals surface area contributed by atoms with Crippen molar-refractivity contribution in [1.29, 1.82) is 0 Å². The zero-order valence-electron chi connectivity index (χ0n) is 12.7. The lowest BCUT2D eigenvalue weighted by molar-refractivity contribution is 0.101. The largest absolute Gasteiger partial charge is 0.367 e. The number of ketones is 1. The highest BCUT2D eigenvalue weighted by atomic mass is 79.9. The van der Waals surface area contributed by atoms with Gasteiger partial charge in [-0.1, -0.05) is 26.7 Å². The Bertz CT molecular complexity index is 478. The number of hydrogen-bond acceptors (Lipinski definition) is 2. The summed E-state index contributed by atoms with van der Waals surface area (Å²) in [5.41, 5.74) is 2.01. The van der Waals surface area contributed by atoms with Gasteiger partial charge in [0.25, 0.3) is 0 Å². The van der Waals surface area contributed by atoms with Crippen LogP contribution in [-0.2, 0) is 0 Å². The molecule has 1 aliphatic rings. The van der Waals surface area contributed by atoms with E-state index in [4.69, 9.17) is 0 Å². The average Bonchev–Trinajstić information content (AvgIpc) is 2.89. The molecule has 2 rings (SSSR count). The first-order chi connectivity index (χ1) is 9.49. The Morgan fingerprint density at radius 2 is 2.00 bits per heavy atom. The Morgan fingerprint density at radius 1 is 1.35 bits per heavy atom. The highest BCUT2D eigenvalue weighted by Gasteiger charge is 2.25. The molecular formula is C17H24BrNO. The van der Waals surface area contributed by atoms with E-state index >= 15 is 0 Å². The van der Waals surface area contributed by atoms with Crippen LogP contribution in [0.3, 0.4) is 0 Å². The molecule has 0 aliphatic heterocycles. The topological polar surface area (TPSA) is 20.3 Å². The maximum Gasteiger partial charge on any atom is 0.159 e. The van der Waals surface area contributed by atoms with Crippen LogP contribution in [-0.4, -0.2) is 18.4 Å². The van der Waals surface area contributed by atoms with E-state index in [0.717, 1.165) is 16.6 Å². The third kappa shape index (κ3) is 3.63. The summed E-state index contributed by atoms with van der Waals surface area (Å²) in [6.45, 7) is 7.21. The van der Waals surface area contributed by atoms with Crippen molar-refractivity contribution in [3.8, 4) is 0 Å². The quantitative estimate of drug-likeness (QED) is 0.700. The van der Waals surface area contributed by atoms with Crippen LogP contribution in [0, 0.1) is 5.92 Å². The SMILES string of the molecule is CC(=O)c1ccc(N(CC(C)C)C2CCCC2)c(Br)c1. The van der Waals surface area contributed by atoms with Gasteiger partial charge in [-0.2, -0.15) is 0 Å². The van der Waals surface area contributed by atoms with Crippen molar-refractivity contribution in [1.82, 2.24) is 0 Å². The standard InChI is InChI=1S/C17H24BrNO/c1-12(2)11-19(15-6-4-5-7-15)17-9-8-14(13(3)20)10-16(17)18/h8-10,12,15H,4-7,11H2,1-3H3. The minimum absolute atomic E-state index is 0.119. The van der Waals surface area contributed by atoms with Gasteiger partial charge in [-0.25, -0.2) is 0 Å². The molecule has 0 amide bonds. The van der Waals surface area contributed by atoms with Crippen molar-refractivity contribution in [2.45, 2.75) is 52.5 Å². The summed E-state index contributed by atoms with van der Waals surface area (Å²) in [7, 11) is 0. The normalized spacial score (nSPS) is 15.8. The Kier molecular flexibility index (Phi) is 5.25. The van der Waals surface area contributed by atoms with Gasteiger partial charge in [0.05, 0.1) is 5.69 Å². The molecule has 0 unspecified atom stereocenters. The van der Waals surface area contributed by atoms with E-state index in [0.29, 0.717) is 12.0 Å². The molecule has 1 aromatic rings.